The molecule has 0 aromatic heterocycles. The molecule has 0 saturated carbocycles. The zero-order valence-corrected chi connectivity index (χ0v) is 10.6. The van der Waals surface area contributed by atoms with Crippen LogP contribution in [0.2, 0.25) is 0 Å². The summed E-state index contributed by atoms with van der Waals surface area (Å²) < 4.78 is 0. The molecule has 0 aliphatic carbocycles. The van der Waals surface area contributed by atoms with E-state index in [1.807, 2.05) is 36.4 Å². The van der Waals surface area contributed by atoms with Gasteiger partial charge in [-0.1, -0.05) is 72.9 Å². The Morgan fingerprint density at radius 3 is 1.53 bits per heavy atom. The number of rotatable bonds is 3. The smallest absolute Gasteiger partial charge is 0.0876 e. The number of benzene rings is 2. The van der Waals surface area contributed by atoms with Gasteiger partial charge in [-0.25, -0.2) is 0 Å². The maximum atomic E-state index is 5.97. The number of nitrogens with two attached hydrogens (primary N) is 1. The highest BCUT2D eigenvalue weighted by molar-refractivity contribution is 7.80. The molecule has 0 atom stereocenters. The maximum absolute atomic E-state index is 5.97. The lowest BCUT2D eigenvalue weighted by molar-refractivity contribution is 0.777. The van der Waals surface area contributed by atoms with E-state index in [4.69, 9.17) is 18.0 Å². The van der Waals surface area contributed by atoms with E-state index < -0.39 is 5.41 Å². The van der Waals surface area contributed by atoms with E-state index in [1.54, 1.807) is 0 Å². The van der Waals surface area contributed by atoms with Crippen molar-refractivity contribution in [3.63, 3.8) is 0 Å². The first-order valence-corrected chi connectivity index (χ1v) is 5.97. The Hall–Kier alpha value is -1.67. The zero-order chi connectivity index (χ0) is 12.3. The molecule has 2 heteroatoms. The highest BCUT2D eigenvalue weighted by Crippen LogP contribution is 2.32. The fourth-order valence-corrected chi connectivity index (χ4v) is 2.23. The summed E-state index contributed by atoms with van der Waals surface area (Å²) in [6, 6.07) is 20.3. The van der Waals surface area contributed by atoms with E-state index in [9.17, 15) is 0 Å². The predicted octanol–water partition coefficient (Wildman–Crippen LogP) is 3.28. The first kappa shape index (κ1) is 11.8. The van der Waals surface area contributed by atoms with Crippen molar-refractivity contribution in [1.29, 1.82) is 0 Å². The lowest BCUT2D eigenvalue weighted by Crippen LogP contribution is -2.38. The van der Waals surface area contributed by atoms with Crippen LogP contribution in [0.1, 0.15) is 18.1 Å². The molecule has 0 radical (unpaired) electrons. The third-order valence-corrected chi connectivity index (χ3v) is 3.60. The largest absolute Gasteiger partial charge is 0.392 e. The minimum Gasteiger partial charge on any atom is -0.392 e. The molecular weight excluding hydrogens is 226 g/mol. The van der Waals surface area contributed by atoms with E-state index >= 15 is 0 Å². The highest BCUT2D eigenvalue weighted by Gasteiger charge is 2.31. The quantitative estimate of drug-likeness (QED) is 0.835. The van der Waals surface area contributed by atoms with Crippen molar-refractivity contribution >= 4 is 17.2 Å². The molecular formula is C15H15NS. The SMILES string of the molecule is CC(C(N)=S)(c1ccccc1)c1ccccc1. The molecule has 0 unspecified atom stereocenters. The molecule has 0 aliphatic rings. The molecule has 0 aliphatic heterocycles. The monoisotopic (exact) mass is 241 g/mol. The Morgan fingerprint density at radius 1 is 0.882 bits per heavy atom. The molecule has 0 amide bonds. The molecule has 86 valence electrons. The molecule has 1 nitrogen and oxygen atoms in total. The summed E-state index contributed by atoms with van der Waals surface area (Å²) in [6.45, 7) is 2.07. The summed E-state index contributed by atoms with van der Waals surface area (Å²) in [6.07, 6.45) is 0. The molecule has 2 aromatic carbocycles. The Labute approximate surface area is 107 Å². The van der Waals surface area contributed by atoms with E-state index in [2.05, 4.69) is 31.2 Å². The van der Waals surface area contributed by atoms with Gasteiger partial charge in [0.25, 0.3) is 0 Å². The third-order valence-electron chi connectivity index (χ3n) is 3.20. The van der Waals surface area contributed by atoms with Crippen LogP contribution in [0.4, 0.5) is 0 Å². The van der Waals surface area contributed by atoms with Gasteiger partial charge in [-0.3, -0.25) is 0 Å². The van der Waals surface area contributed by atoms with Crippen molar-refractivity contribution < 1.29 is 0 Å². The highest BCUT2D eigenvalue weighted by atomic mass is 32.1. The van der Waals surface area contributed by atoms with Gasteiger partial charge in [0.15, 0.2) is 0 Å². The van der Waals surface area contributed by atoms with Gasteiger partial charge in [-0.05, 0) is 18.1 Å². The van der Waals surface area contributed by atoms with Crippen LogP contribution in [0.25, 0.3) is 0 Å². The van der Waals surface area contributed by atoms with Crippen molar-refractivity contribution in [3.8, 4) is 0 Å². The van der Waals surface area contributed by atoms with Crippen LogP contribution >= 0.6 is 12.2 Å². The summed E-state index contributed by atoms with van der Waals surface area (Å²) in [5.41, 5.74) is 7.81. The Bertz CT molecular complexity index is 465. The lowest BCUT2D eigenvalue weighted by atomic mass is 9.76. The normalized spacial score (nSPS) is 11.1. The zero-order valence-electron chi connectivity index (χ0n) is 9.76. The predicted molar refractivity (Wildman–Crippen MR) is 76.1 cm³/mol. The molecule has 2 rings (SSSR count). The van der Waals surface area contributed by atoms with Gasteiger partial charge >= 0.3 is 0 Å². The molecule has 0 bridgehead atoms. The van der Waals surface area contributed by atoms with Gasteiger partial charge in [-0.2, -0.15) is 0 Å². The third kappa shape index (κ3) is 2.08. The Morgan fingerprint density at radius 2 is 1.24 bits per heavy atom. The number of thiocarbonyl (C=S) groups is 1. The summed E-state index contributed by atoms with van der Waals surface area (Å²) in [4.78, 5) is 0.495. The van der Waals surface area contributed by atoms with Crippen LogP contribution in [-0.4, -0.2) is 4.99 Å². The van der Waals surface area contributed by atoms with Gasteiger partial charge in [0.05, 0.1) is 10.4 Å². The van der Waals surface area contributed by atoms with Crippen molar-refractivity contribution in [2.45, 2.75) is 12.3 Å². The van der Waals surface area contributed by atoms with Gasteiger partial charge < -0.3 is 5.73 Å². The summed E-state index contributed by atoms with van der Waals surface area (Å²) in [5.74, 6) is 0. The average Bonchev–Trinajstić information content (AvgIpc) is 2.39. The fraction of sp³-hybridized carbons (Fsp3) is 0.133. The fourth-order valence-electron chi connectivity index (χ4n) is 1.99. The second-order valence-corrected chi connectivity index (χ2v) is 4.66. The first-order chi connectivity index (χ1) is 8.15. The topological polar surface area (TPSA) is 26.0 Å². The van der Waals surface area contributed by atoms with Gasteiger partial charge in [0, 0.05) is 0 Å². The van der Waals surface area contributed by atoms with Crippen LogP contribution in [0.5, 0.6) is 0 Å². The van der Waals surface area contributed by atoms with Crippen LogP contribution < -0.4 is 5.73 Å². The molecule has 2 aromatic rings. The van der Waals surface area contributed by atoms with Crippen LogP contribution in [0, 0.1) is 0 Å². The lowest BCUT2D eigenvalue weighted by Gasteiger charge is -2.29. The Kier molecular flexibility index (Phi) is 3.25. The van der Waals surface area contributed by atoms with Crippen molar-refractivity contribution in [2.75, 3.05) is 0 Å². The second kappa shape index (κ2) is 4.68. The molecule has 17 heavy (non-hydrogen) atoms. The van der Waals surface area contributed by atoms with E-state index in [-0.39, 0.29) is 0 Å². The van der Waals surface area contributed by atoms with E-state index in [0.717, 1.165) is 11.1 Å². The van der Waals surface area contributed by atoms with Crippen LogP contribution in [-0.2, 0) is 5.41 Å². The van der Waals surface area contributed by atoms with Gasteiger partial charge in [0.1, 0.15) is 0 Å². The van der Waals surface area contributed by atoms with Crippen LogP contribution in [0.15, 0.2) is 60.7 Å². The van der Waals surface area contributed by atoms with Crippen molar-refractivity contribution in [2.24, 2.45) is 5.73 Å². The molecule has 0 fully saturated rings. The van der Waals surface area contributed by atoms with Gasteiger partial charge in [0.2, 0.25) is 0 Å². The minimum atomic E-state index is -0.405. The van der Waals surface area contributed by atoms with Crippen molar-refractivity contribution in [3.05, 3.63) is 71.8 Å². The number of hydrogen-bond donors (Lipinski definition) is 1. The second-order valence-electron chi connectivity index (χ2n) is 4.22. The molecule has 2 N–H and O–H groups in total. The van der Waals surface area contributed by atoms with E-state index in [1.165, 1.54) is 0 Å². The van der Waals surface area contributed by atoms with Gasteiger partial charge in [-0.15, -0.1) is 0 Å². The summed E-state index contributed by atoms with van der Waals surface area (Å²) >= 11 is 5.27. The maximum Gasteiger partial charge on any atom is 0.0876 e. The summed E-state index contributed by atoms with van der Waals surface area (Å²) in [7, 11) is 0. The minimum absolute atomic E-state index is 0.405. The average molecular weight is 241 g/mol. The number of hydrogen-bond acceptors (Lipinski definition) is 1. The molecule has 0 heterocycles. The Balaban J connectivity index is 2.59. The summed E-state index contributed by atoms with van der Waals surface area (Å²) in [5, 5.41) is 0. The molecule has 0 spiro atoms. The van der Waals surface area contributed by atoms with Crippen LogP contribution in [0.3, 0.4) is 0 Å². The molecule has 0 saturated heterocycles. The van der Waals surface area contributed by atoms with E-state index in [0.29, 0.717) is 4.99 Å². The first-order valence-electron chi connectivity index (χ1n) is 5.56. The van der Waals surface area contributed by atoms with Crippen molar-refractivity contribution in [1.82, 2.24) is 0 Å². The standard InChI is InChI=1S/C15H15NS/c1-15(14(16)17,12-8-4-2-5-9-12)13-10-6-3-7-11-13/h2-11H,1H3,(H2,16,17).